The summed E-state index contributed by atoms with van der Waals surface area (Å²) in [6.45, 7) is 0. The van der Waals surface area contributed by atoms with Gasteiger partial charge in [0.2, 0.25) is 0 Å². The predicted octanol–water partition coefficient (Wildman–Crippen LogP) is 1.57. The Bertz CT molecular complexity index is 575. The third-order valence-corrected chi connectivity index (χ3v) is 3.15. The minimum atomic E-state index is -2.02. The molecule has 0 unspecified atom stereocenters. The van der Waals surface area contributed by atoms with Gasteiger partial charge in [0.05, 0.1) is 21.3 Å². The number of nitrogens with one attached hydrogen (secondary N) is 1. The minimum absolute atomic E-state index is 0.0222. The molecule has 0 spiro atoms. The predicted molar refractivity (Wildman–Crippen MR) is 84.4 cm³/mol. The summed E-state index contributed by atoms with van der Waals surface area (Å²) in [4.78, 5) is 24.9. The van der Waals surface area contributed by atoms with Gasteiger partial charge in [0.25, 0.3) is 0 Å². The number of methoxy groups -OCH3 is 2. The maximum atomic E-state index is 11.8. The third-order valence-electron chi connectivity index (χ3n) is 2.94. The number of rotatable bonds is 7. The summed E-state index contributed by atoms with van der Waals surface area (Å²) in [5.74, 6) is -1.36. The Balaban J connectivity index is 3.05. The average Bonchev–Trinajstić information content (AvgIpc) is 2.48. The van der Waals surface area contributed by atoms with Crippen molar-refractivity contribution < 1.29 is 19.1 Å². The maximum Gasteiger partial charge on any atom is 0.328 e. The molecule has 0 aliphatic rings. The highest BCUT2D eigenvalue weighted by atomic mass is 35.5. The molecule has 10 heteroatoms. The molecule has 0 saturated carbocycles. The number of ether oxygens (including phenoxy) is 2. The van der Waals surface area contributed by atoms with Crippen LogP contribution in [0.4, 0.5) is 11.5 Å². The van der Waals surface area contributed by atoms with Gasteiger partial charge in [-0.05, 0) is 12.5 Å². The standard InChI is InChI=1S/C13H17ClN3O6/c1-17(20,21)9-5-6-10(14)16-12(9)15-8(13(19)23-3)4-7-11(18)22-2/h5-6,8H,4,7H2,1-3H3,(H,15,16)/q-1/t8-/m0/s1. The molecule has 0 radical (unpaired) electrons. The molecule has 1 atom stereocenters. The van der Waals surface area contributed by atoms with Crippen molar-refractivity contribution >= 4 is 35.0 Å². The lowest BCUT2D eigenvalue weighted by atomic mass is 10.1. The summed E-state index contributed by atoms with van der Waals surface area (Å²) in [6, 6.07) is 1.50. The van der Waals surface area contributed by atoms with Crippen LogP contribution in [0.5, 0.6) is 0 Å². The second-order valence-corrected chi connectivity index (χ2v) is 5.07. The third kappa shape index (κ3) is 5.64. The number of quaternary nitrogens is 1. The summed E-state index contributed by atoms with van der Waals surface area (Å²) in [5, 5.41) is 25.9. The first-order valence-electron chi connectivity index (χ1n) is 6.55. The van der Waals surface area contributed by atoms with E-state index in [2.05, 4.69) is 19.8 Å². The number of aromatic nitrogens is 1. The summed E-state index contributed by atoms with van der Waals surface area (Å²) in [6.07, 6.45) is -0.0472. The summed E-state index contributed by atoms with van der Waals surface area (Å²) in [5.41, 5.74) is -0.263. The maximum absolute atomic E-state index is 11.8. The fourth-order valence-corrected chi connectivity index (χ4v) is 1.93. The van der Waals surface area contributed by atoms with Gasteiger partial charge in [-0.3, -0.25) is 4.79 Å². The van der Waals surface area contributed by atoms with Crippen molar-refractivity contribution in [1.29, 1.82) is 0 Å². The van der Waals surface area contributed by atoms with Crippen molar-refractivity contribution in [2.24, 2.45) is 0 Å². The zero-order valence-electron chi connectivity index (χ0n) is 12.9. The number of hydrogen-bond donors (Lipinski definition) is 1. The Morgan fingerprint density at radius 1 is 1.35 bits per heavy atom. The summed E-state index contributed by atoms with van der Waals surface area (Å²) >= 11 is 5.76. The lowest BCUT2D eigenvalue weighted by Crippen LogP contribution is -2.35. The molecule has 0 bridgehead atoms. The molecule has 128 valence electrons. The Kier molecular flexibility index (Phi) is 6.70. The van der Waals surface area contributed by atoms with E-state index in [0.29, 0.717) is 0 Å². The average molecular weight is 347 g/mol. The number of halogens is 1. The van der Waals surface area contributed by atoms with E-state index in [1.165, 1.54) is 26.4 Å². The molecule has 0 saturated heterocycles. The van der Waals surface area contributed by atoms with Crippen molar-refractivity contribution in [1.82, 2.24) is 9.79 Å². The van der Waals surface area contributed by atoms with Crippen LogP contribution < -0.4 is 10.1 Å². The molecule has 1 rings (SSSR count). The molecule has 1 heterocycles. The molecule has 9 nitrogen and oxygen atoms in total. The molecule has 0 aromatic carbocycles. The first-order valence-corrected chi connectivity index (χ1v) is 6.93. The number of pyridine rings is 1. The molecule has 0 amide bonds. The second kappa shape index (κ2) is 8.06. The van der Waals surface area contributed by atoms with Gasteiger partial charge >= 0.3 is 11.9 Å². The number of hydroxylamine groups is 2. The lowest BCUT2D eigenvalue weighted by molar-refractivity contribution is -0.143. The fraction of sp³-hybridized carbons (Fsp3) is 0.462. The Hall–Kier alpha value is -1.94. The lowest BCUT2D eigenvalue weighted by Gasteiger charge is -2.42. The Morgan fingerprint density at radius 3 is 2.52 bits per heavy atom. The largest absolute Gasteiger partial charge is 0.626 e. The van der Waals surface area contributed by atoms with Crippen LogP contribution in [0.25, 0.3) is 0 Å². The number of anilines is 1. The van der Waals surface area contributed by atoms with E-state index in [-0.39, 0.29) is 29.5 Å². The molecule has 1 aromatic rings. The molecule has 0 fully saturated rings. The molecule has 0 aliphatic carbocycles. The van der Waals surface area contributed by atoms with Crippen LogP contribution in [0, 0.1) is 10.4 Å². The number of esters is 2. The van der Waals surface area contributed by atoms with Gasteiger partial charge in [0.15, 0.2) is 11.5 Å². The van der Waals surface area contributed by atoms with Crippen LogP contribution in [0.15, 0.2) is 12.1 Å². The van der Waals surface area contributed by atoms with Gasteiger partial charge in [-0.1, -0.05) is 11.6 Å². The highest BCUT2D eigenvalue weighted by Crippen LogP contribution is 2.29. The van der Waals surface area contributed by atoms with E-state index in [1.807, 2.05) is 0 Å². The van der Waals surface area contributed by atoms with Crippen molar-refractivity contribution in [2.45, 2.75) is 18.9 Å². The monoisotopic (exact) mass is 346 g/mol. The van der Waals surface area contributed by atoms with Gasteiger partial charge in [-0.2, -0.15) is 0 Å². The minimum Gasteiger partial charge on any atom is -0.626 e. The summed E-state index contributed by atoms with van der Waals surface area (Å²) in [7, 11) is 3.25. The smallest absolute Gasteiger partial charge is 0.328 e. The van der Waals surface area contributed by atoms with Gasteiger partial charge in [0.1, 0.15) is 11.2 Å². The zero-order chi connectivity index (χ0) is 17.6. The Morgan fingerprint density at radius 2 is 2.00 bits per heavy atom. The molecular weight excluding hydrogens is 330 g/mol. The van der Waals surface area contributed by atoms with Crippen molar-refractivity contribution in [3.63, 3.8) is 0 Å². The van der Waals surface area contributed by atoms with E-state index in [1.54, 1.807) is 0 Å². The van der Waals surface area contributed by atoms with Crippen LogP contribution in [0.2, 0.25) is 5.15 Å². The number of carbonyl (C=O) groups is 2. The quantitative estimate of drug-likeness (QED) is 0.341. The Labute approximate surface area is 137 Å². The normalized spacial score (nSPS) is 12.4. The molecule has 1 N–H and O–H groups in total. The van der Waals surface area contributed by atoms with Gasteiger partial charge in [-0.15, -0.1) is 0 Å². The first kappa shape index (κ1) is 19.1. The van der Waals surface area contributed by atoms with Crippen LogP contribution in [-0.4, -0.2) is 44.2 Å². The van der Waals surface area contributed by atoms with Gasteiger partial charge in [-0.25, -0.2) is 9.78 Å². The van der Waals surface area contributed by atoms with E-state index in [4.69, 9.17) is 11.6 Å². The van der Waals surface area contributed by atoms with E-state index >= 15 is 0 Å². The van der Waals surface area contributed by atoms with Crippen molar-refractivity contribution in [2.75, 3.05) is 26.6 Å². The van der Waals surface area contributed by atoms with E-state index in [9.17, 15) is 20.0 Å². The van der Waals surface area contributed by atoms with Crippen molar-refractivity contribution in [3.8, 4) is 0 Å². The first-order chi connectivity index (χ1) is 10.7. The number of hydrogen-bond acceptors (Lipinski definition) is 8. The van der Waals surface area contributed by atoms with Gasteiger partial charge < -0.3 is 30.0 Å². The SMILES string of the molecule is COC(=O)CC[C@H](Nc1nc(Cl)ccc1[N+](C)([O-])[O-])C(=O)OC. The fourth-order valence-electron chi connectivity index (χ4n) is 1.78. The topological polar surface area (TPSA) is 124 Å². The van der Waals surface area contributed by atoms with Crippen LogP contribution in [-0.2, 0) is 19.1 Å². The van der Waals surface area contributed by atoms with E-state index in [0.717, 1.165) is 7.05 Å². The molecule has 1 aromatic heterocycles. The molecule has 23 heavy (non-hydrogen) atoms. The molecule has 0 aliphatic heterocycles. The second-order valence-electron chi connectivity index (χ2n) is 4.68. The highest BCUT2D eigenvalue weighted by molar-refractivity contribution is 6.29. The van der Waals surface area contributed by atoms with Crippen LogP contribution in [0.3, 0.4) is 0 Å². The summed E-state index contributed by atoms with van der Waals surface area (Å²) < 4.78 is 9.13. The van der Waals surface area contributed by atoms with Gasteiger partial charge in [0, 0.05) is 12.5 Å². The van der Waals surface area contributed by atoms with Crippen LogP contribution in [0.1, 0.15) is 12.8 Å². The van der Waals surface area contributed by atoms with Crippen LogP contribution >= 0.6 is 11.6 Å². The van der Waals surface area contributed by atoms with E-state index < -0.39 is 22.8 Å². The molecular formula is C13H17ClN3O6-. The number of carbonyl (C=O) groups excluding carboxylic acids is 2. The van der Waals surface area contributed by atoms with Crippen molar-refractivity contribution in [3.05, 3.63) is 27.7 Å². The zero-order valence-corrected chi connectivity index (χ0v) is 13.6. The number of nitrogens with zero attached hydrogens (tertiary/aromatic N) is 2. The highest BCUT2D eigenvalue weighted by Gasteiger charge is 2.24.